The normalized spacial score (nSPS) is 12.5. The Bertz CT molecular complexity index is 2620. The molecule has 0 atom stereocenters. The van der Waals surface area contributed by atoms with Crippen molar-refractivity contribution in [2.45, 2.75) is 19.3 Å². The van der Waals surface area contributed by atoms with Gasteiger partial charge in [-0.1, -0.05) is 178 Å². The first-order valence-electron chi connectivity index (χ1n) is 18.7. The van der Waals surface area contributed by atoms with Crippen molar-refractivity contribution in [1.29, 1.82) is 0 Å². The van der Waals surface area contributed by atoms with Crippen LogP contribution in [-0.2, 0) is 5.41 Å². The SMILES string of the molecule is C=Cc1ccc2c(c1)-c1c(-c3cc(-c4ccccc4-c4ccccc4)ccc3N(c3ccccc3)c3ccc(-c4ccccc4)cc3)cccc1C2(C)C. The highest BCUT2D eigenvalue weighted by molar-refractivity contribution is 6.00. The Morgan fingerprint density at radius 2 is 0.963 bits per heavy atom. The topological polar surface area (TPSA) is 3.24 Å². The van der Waals surface area contributed by atoms with Gasteiger partial charge in [-0.3, -0.25) is 0 Å². The molecule has 0 N–H and O–H groups in total. The minimum atomic E-state index is -0.148. The van der Waals surface area contributed by atoms with E-state index < -0.39 is 0 Å². The Labute approximate surface area is 319 Å². The van der Waals surface area contributed by atoms with E-state index in [1.54, 1.807) is 0 Å². The molecule has 0 saturated carbocycles. The van der Waals surface area contributed by atoms with Crippen LogP contribution in [0.2, 0.25) is 0 Å². The van der Waals surface area contributed by atoms with E-state index in [4.69, 9.17) is 0 Å². The lowest BCUT2D eigenvalue weighted by Gasteiger charge is -2.29. The van der Waals surface area contributed by atoms with Gasteiger partial charge in [-0.15, -0.1) is 0 Å². The molecule has 8 aromatic rings. The first-order chi connectivity index (χ1) is 26.5. The lowest BCUT2D eigenvalue weighted by Crippen LogP contribution is -2.15. The Kier molecular flexibility index (Phi) is 8.41. The maximum absolute atomic E-state index is 4.13. The van der Waals surface area contributed by atoms with Gasteiger partial charge in [0, 0.05) is 22.4 Å². The molecular weight excluding hydrogens is 651 g/mol. The zero-order chi connectivity index (χ0) is 36.6. The minimum absolute atomic E-state index is 0.148. The fourth-order valence-electron chi connectivity index (χ4n) is 8.33. The van der Waals surface area contributed by atoms with E-state index in [-0.39, 0.29) is 5.41 Å². The predicted octanol–water partition coefficient (Wildman–Crippen LogP) is 14.8. The van der Waals surface area contributed by atoms with Crippen molar-refractivity contribution < 1.29 is 0 Å². The van der Waals surface area contributed by atoms with Crippen LogP contribution in [0.5, 0.6) is 0 Å². The monoisotopic (exact) mass is 691 g/mol. The summed E-state index contributed by atoms with van der Waals surface area (Å²) in [6.45, 7) is 8.84. The van der Waals surface area contributed by atoms with Crippen molar-refractivity contribution in [3.63, 3.8) is 0 Å². The van der Waals surface area contributed by atoms with E-state index >= 15 is 0 Å². The molecular formula is C53H41N. The van der Waals surface area contributed by atoms with Crippen molar-refractivity contribution in [3.8, 4) is 55.6 Å². The van der Waals surface area contributed by atoms with E-state index in [0.29, 0.717) is 0 Å². The largest absolute Gasteiger partial charge is 0.310 e. The summed E-state index contributed by atoms with van der Waals surface area (Å²) in [5, 5.41) is 0. The van der Waals surface area contributed by atoms with Gasteiger partial charge in [0.25, 0.3) is 0 Å². The van der Waals surface area contributed by atoms with Gasteiger partial charge in [0.05, 0.1) is 5.69 Å². The van der Waals surface area contributed by atoms with Gasteiger partial charge in [-0.2, -0.15) is 0 Å². The van der Waals surface area contributed by atoms with Crippen LogP contribution in [0.1, 0.15) is 30.5 Å². The Morgan fingerprint density at radius 3 is 1.65 bits per heavy atom. The summed E-state index contributed by atoms with van der Waals surface area (Å²) in [5.41, 5.74) is 19.2. The lowest BCUT2D eigenvalue weighted by molar-refractivity contribution is 0.660. The second kappa shape index (κ2) is 13.7. The van der Waals surface area contributed by atoms with E-state index in [0.717, 1.165) is 22.6 Å². The van der Waals surface area contributed by atoms with E-state index in [9.17, 15) is 0 Å². The van der Waals surface area contributed by atoms with Crippen LogP contribution >= 0.6 is 0 Å². The molecule has 0 fully saturated rings. The highest BCUT2D eigenvalue weighted by atomic mass is 15.1. The highest BCUT2D eigenvalue weighted by Gasteiger charge is 2.37. The number of hydrogen-bond donors (Lipinski definition) is 0. The van der Waals surface area contributed by atoms with Crippen LogP contribution in [0.3, 0.4) is 0 Å². The molecule has 1 heteroatoms. The lowest BCUT2D eigenvalue weighted by atomic mass is 9.81. The number of fused-ring (bicyclic) bond motifs is 3. The molecule has 0 heterocycles. The average molecular weight is 692 g/mol. The number of para-hydroxylation sites is 1. The molecule has 0 bridgehead atoms. The third-order valence-electron chi connectivity index (χ3n) is 11.1. The Hall–Kier alpha value is -6.70. The molecule has 9 rings (SSSR count). The molecule has 0 radical (unpaired) electrons. The van der Waals surface area contributed by atoms with Crippen LogP contribution in [0.4, 0.5) is 17.1 Å². The van der Waals surface area contributed by atoms with Crippen molar-refractivity contribution in [2.24, 2.45) is 0 Å². The van der Waals surface area contributed by atoms with Gasteiger partial charge in [-0.05, 0) is 109 Å². The number of benzene rings is 8. The summed E-state index contributed by atoms with van der Waals surface area (Å²) in [6, 6.07) is 70.5. The van der Waals surface area contributed by atoms with Gasteiger partial charge in [-0.25, -0.2) is 0 Å². The number of rotatable bonds is 8. The average Bonchev–Trinajstić information content (AvgIpc) is 3.47. The quantitative estimate of drug-likeness (QED) is 0.153. The smallest absolute Gasteiger partial charge is 0.0540 e. The van der Waals surface area contributed by atoms with Crippen molar-refractivity contribution in [2.75, 3.05) is 4.90 Å². The summed E-state index contributed by atoms with van der Waals surface area (Å²) in [5.74, 6) is 0. The zero-order valence-corrected chi connectivity index (χ0v) is 30.7. The summed E-state index contributed by atoms with van der Waals surface area (Å²) in [6.07, 6.45) is 1.96. The number of hydrogen-bond acceptors (Lipinski definition) is 1. The number of anilines is 3. The van der Waals surface area contributed by atoms with Crippen LogP contribution < -0.4 is 4.90 Å². The Balaban J connectivity index is 1.32. The number of nitrogens with zero attached hydrogens (tertiary/aromatic N) is 1. The first kappa shape index (κ1) is 33.2. The molecule has 0 saturated heterocycles. The van der Waals surface area contributed by atoms with E-state index in [1.807, 2.05) is 6.08 Å². The molecule has 8 aromatic carbocycles. The zero-order valence-electron chi connectivity index (χ0n) is 30.7. The fourth-order valence-corrected chi connectivity index (χ4v) is 8.33. The van der Waals surface area contributed by atoms with Gasteiger partial charge in [0.15, 0.2) is 0 Å². The molecule has 0 amide bonds. The van der Waals surface area contributed by atoms with Crippen molar-refractivity contribution >= 4 is 23.1 Å². The molecule has 1 aliphatic rings. The molecule has 0 aliphatic heterocycles. The maximum Gasteiger partial charge on any atom is 0.0540 e. The maximum atomic E-state index is 4.13. The minimum Gasteiger partial charge on any atom is -0.310 e. The van der Waals surface area contributed by atoms with Gasteiger partial charge < -0.3 is 4.90 Å². The van der Waals surface area contributed by atoms with E-state index in [1.165, 1.54) is 66.8 Å². The summed E-state index contributed by atoms with van der Waals surface area (Å²) in [4.78, 5) is 2.41. The molecule has 1 nitrogen and oxygen atoms in total. The fraction of sp³-hybridized carbons (Fsp3) is 0.0566. The molecule has 0 unspecified atom stereocenters. The standard InChI is InChI=1S/C53H41N/c1-4-37-27-33-49-48(35-37)52-46(25-16-26-50(52)53(49,2)3)47-36-41(45-24-15-14-23-44(45)40-19-10-6-11-20-40)30-34-51(47)54(42-21-12-7-13-22-42)43-31-28-39(29-32-43)38-17-8-5-9-18-38/h4-36H,1H2,2-3H3. The van der Waals surface area contributed by atoms with Crippen LogP contribution in [0.25, 0.3) is 61.7 Å². The molecule has 54 heavy (non-hydrogen) atoms. The summed E-state index contributed by atoms with van der Waals surface area (Å²) >= 11 is 0. The van der Waals surface area contributed by atoms with Crippen LogP contribution in [0.15, 0.2) is 201 Å². The third kappa shape index (κ3) is 5.75. The Morgan fingerprint density at radius 1 is 0.407 bits per heavy atom. The molecule has 0 spiro atoms. The van der Waals surface area contributed by atoms with E-state index in [2.05, 4.69) is 219 Å². The van der Waals surface area contributed by atoms with Crippen LogP contribution in [-0.4, -0.2) is 0 Å². The van der Waals surface area contributed by atoms with Crippen molar-refractivity contribution in [1.82, 2.24) is 0 Å². The van der Waals surface area contributed by atoms with Gasteiger partial charge in [0.2, 0.25) is 0 Å². The molecule has 258 valence electrons. The second-order valence-corrected chi connectivity index (χ2v) is 14.6. The molecule has 0 aromatic heterocycles. The highest BCUT2D eigenvalue weighted by Crippen LogP contribution is 2.54. The van der Waals surface area contributed by atoms with Crippen molar-refractivity contribution in [3.05, 3.63) is 217 Å². The van der Waals surface area contributed by atoms with Gasteiger partial charge >= 0.3 is 0 Å². The van der Waals surface area contributed by atoms with Gasteiger partial charge in [0.1, 0.15) is 0 Å². The summed E-state index contributed by atoms with van der Waals surface area (Å²) < 4.78 is 0. The first-order valence-corrected chi connectivity index (χ1v) is 18.7. The second-order valence-electron chi connectivity index (χ2n) is 14.6. The third-order valence-corrected chi connectivity index (χ3v) is 11.1. The summed E-state index contributed by atoms with van der Waals surface area (Å²) in [7, 11) is 0. The van der Waals surface area contributed by atoms with Crippen LogP contribution in [0, 0.1) is 0 Å². The molecule has 1 aliphatic carbocycles. The predicted molar refractivity (Wildman–Crippen MR) is 231 cm³/mol.